The second-order valence-electron chi connectivity index (χ2n) is 8.02. The summed E-state index contributed by atoms with van der Waals surface area (Å²) < 4.78 is 30.0. The smallest absolute Gasteiger partial charge is 0.254 e. The van der Waals surface area contributed by atoms with Crippen LogP contribution in [0, 0.1) is 0 Å². The minimum atomic E-state index is -3.10. The number of carbonyl (C=O) groups is 1. The summed E-state index contributed by atoms with van der Waals surface area (Å²) in [5, 5.41) is 0. The van der Waals surface area contributed by atoms with Crippen molar-refractivity contribution < 1.29 is 17.6 Å². The topological polar surface area (TPSA) is 67.6 Å². The van der Waals surface area contributed by atoms with Gasteiger partial charge in [0.1, 0.15) is 5.76 Å². The maximum atomic E-state index is 13.2. The molecule has 0 bridgehead atoms. The van der Waals surface area contributed by atoms with Gasteiger partial charge >= 0.3 is 0 Å². The third-order valence-corrected chi connectivity index (χ3v) is 7.04. The highest BCUT2D eigenvalue weighted by Gasteiger charge is 2.35. The number of hydrogen-bond acceptors (Lipinski definition) is 4. The molecule has 0 aliphatic carbocycles. The summed E-state index contributed by atoms with van der Waals surface area (Å²) in [4.78, 5) is 14.8. The van der Waals surface area contributed by atoms with E-state index in [2.05, 4.69) is 36.7 Å². The zero-order valence-electron chi connectivity index (χ0n) is 15.7. The fraction of sp³-hybridized carbons (Fsp3) is 0.450. The quantitative estimate of drug-likeness (QED) is 0.696. The Bertz CT molecular complexity index is 926. The number of benzene rings is 1. The molecule has 1 aliphatic heterocycles. The molecule has 2 heterocycles. The molecule has 0 spiro atoms. The molecule has 1 aliphatic rings. The lowest BCUT2D eigenvalue weighted by Gasteiger charge is -2.28. The number of hydrogen-bond donors (Lipinski definition) is 0. The van der Waals surface area contributed by atoms with Gasteiger partial charge in [0, 0.05) is 11.6 Å². The van der Waals surface area contributed by atoms with Crippen LogP contribution in [0.25, 0.3) is 0 Å². The van der Waals surface area contributed by atoms with Crippen LogP contribution in [0.1, 0.15) is 48.9 Å². The van der Waals surface area contributed by atoms with Crippen molar-refractivity contribution in [2.75, 3.05) is 11.5 Å². The number of sulfone groups is 1. The lowest BCUT2D eigenvalue weighted by atomic mass is 9.86. The van der Waals surface area contributed by atoms with Gasteiger partial charge in [-0.2, -0.15) is 0 Å². The SMILES string of the molecule is CC(C)(C)c1ccc(C(=O)N(Cc2ccc(Br)o2)[C@@H]2CCS(=O)(=O)C2)cc1. The fourth-order valence-corrected chi connectivity index (χ4v) is 5.34. The lowest BCUT2D eigenvalue weighted by molar-refractivity contribution is 0.0665. The van der Waals surface area contributed by atoms with E-state index >= 15 is 0 Å². The van der Waals surface area contributed by atoms with E-state index in [0.717, 1.165) is 5.56 Å². The highest BCUT2D eigenvalue weighted by atomic mass is 79.9. The number of rotatable bonds is 4. The molecule has 0 saturated carbocycles. The summed E-state index contributed by atoms with van der Waals surface area (Å²) in [5.74, 6) is 0.559. The van der Waals surface area contributed by atoms with Crippen molar-refractivity contribution in [2.45, 2.75) is 45.2 Å². The Kier molecular flexibility index (Phi) is 5.54. The first-order valence-corrected chi connectivity index (χ1v) is 11.5. The average Bonchev–Trinajstić information content (AvgIpc) is 3.16. The molecule has 1 fully saturated rings. The van der Waals surface area contributed by atoms with E-state index in [1.807, 2.05) is 24.3 Å². The van der Waals surface area contributed by atoms with Gasteiger partial charge in [-0.15, -0.1) is 0 Å². The summed E-state index contributed by atoms with van der Waals surface area (Å²) in [6, 6.07) is 10.8. The Balaban J connectivity index is 1.88. The predicted octanol–water partition coefficient (Wildman–Crippen LogP) is 4.17. The minimum absolute atomic E-state index is 0.000687. The maximum Gasteiger partial charge on any atom is 0.254 e. The molecule has 1 saturated heterocycles. The molecular weight excluding hydrogens is 430 g/mol. The largest absolute Gasteiger partial charge is 0.452 e. The van der Waals surface area contributed by atoms with Crippen molar-refractivity contribution in [2.24, 2.45) is 0 Å². The van der Waals surface area contributed by atoms with Gasteiger partial charge in [-0.1, -0.05) is 32.9 Å². The Morgan fingerprint density at radius 1 is 1.19 bits per heavy atom. The van der Waals surface area contributed by atoms with Crippen LogP contribution in [0.15, 0.2) is 45.5 Å². The van der Waals surface area contributed by atoms with Crippen LogP contribution in [0.5, 0.6) is 0 Å². The number of furan rings is 1. The van der Waals surface area contributed by atoms with Gasteiger partial charge in [-0.25, -0.2) is 8.42 Å². The van der Waals surface area contributed by atoms with Gasteiger partial charge in [0.2, 0.25) is 0 Å². The van der Waals surface area contributed by atoms with Crippen LogP contribution in [-0.2, 0) is 21.8 Å². The molecule has 27 heavy (non-hydrogen) atoms. The third kappa shape index (κ3) is 4.82. The minimum Gasteiger partial charge on any atom is -0.452 e. The summed E-state index contributed by atoms with van der Waals surface area (Å²) in [6.45, 7) is 6.60. The number of halogens is 1. The zero-order chi connectivity index (χ0) is 19.8. The molecule has 1 aromatic carbocycles. The average molecular weight is 454 g/mol. The molecule has 1 amide bonds. The molecule has 1 aromatic heterocycles. The van der Waals surface area contributed by atoms with Gasteiger partial charge in [0.15, 0.2) is 14.5 Å². The molecular formula is C20H24BrNO4S. The summed E-state index contributed by atoms with van der Waals surface area (Å²) in [6.07, 6.45) is 0.454. The van der Waals surface area contributed by atoms with Crippen LogP contribution in [0.4, 0.5) is 0 Å². The van der Waals surface area contributed by atoms with Gasteiger partial charge < -0.3 is 9.32 Å². The van der Waals surface area contributed by atoms with Crippen LogP contribution in [-0.4, -0.2) is 36.8 Å². The Labute approximate surface area is 168 Å². The second-order valence-corrected chi connectivity index (χ2v) is 11.0. The van der Waals surface area contributed by atoms with Crippen molar-refractivity contribution in [3.05, 3.63) is 58.0 Å². The van der Waals surface area contributed by atoms with E-state index in [1.165, 1.54) is 0 Å². The molecule has 146 valence electrons. The molecule has 0 radical (unpaired) electrons. The Hall–Kier alpha value is -1.60. The van der Waals surface area contributed by atoms with Gasteiger partial charge in [-0.3, -0.25) is 4.79 Å². The van der Waals surface area contributed by atoms with Crippen LogP contribution >= 0.6 is 15.9 Å². The molecule has 5 nitrogen and oxygen atoms in total. The van der Waals surface area contributed by atoms with Crippen LogP contribution in [0.2, 0.25) is 0 Å². The highest BCUT2D eigenvalue weighted by molar-refractivity contribution is 9.10. The molecule has 3 rings (SSSR count). The first kappa shape index (κ1) is 20.1. The maximum absolute atomic E-state index is 13.2. The van der Waals surface area contributed by atoms with Gasteiger partial charge in [-0.05, 0) is 57.6 Å². The molecule has 2 aromatic rings. The van der Waals surface area contributed by atoms with Gasteiger partial charge in [0.25, 0.3) is 5.91 Å². The van der Waals surface area contributed by atoms with E-state index in [-0.39, 0.29) is 35.4 Å². The second kappa shape index (κ2) is 7.43. The van der Waals surface area contributed by atoms with E-state index in [4.69, 9.17) is 4.42 Å². The number of nitrogens with zero attached hydrogens (tertiary/aromatic N) is 1. The molecule has 1 atom stereocenters. The standard InChI is InChI=1S/C20H24BrNO4S/c1-20(2,3)15-6-4-14(5-7-15)19(23)22(12-17-8-9-18(21)26-17)16-10-11-27(24,25)13-16/h4-9,16H,10-13H2,1-3H3/t16-/m1/s1. The summed E-state index contributed by atoms with van der Waals surface area (Å²) in [7, 11) is -3.10. The fourth-order valence-electron chi connectivity index (χ4n) is 3.27. The molecule has 0 unspecified atom stereocenters. The van der Waals surface area contributed by atoms with Crippen molar-refractivity contribution >= 4 is 31.7 Å². The summed E-state index contributed by atoms with van der Waals surface area (Å²) >= 11 is 3.27. The normalized spacial score (nSPS) is 19.2. The third-order valence-electron chi connectivity index (χ3n) is 4.86. The van der Waals surface area contributed by atoms with E-state index in [9.17, 15) is 13.2 Å². The number of carbonyl (C=O) groups excluding carboxylic acids is 1. The van der Waals surface area contributed by atoms with Gasteiger partial charge in [0.05, 0.1) is 18.1 Å². The zero-order valence-corrected chi connectivity index (χ0v) is 18.1. The first-order chi connectivity index (χ1) is 12.5. The van der Waals surface area contributed by atoms with Crippen molar-refractivity contribution in [3.8, 4) is 0 Å². The monoisotopic (exact) mass is 453 g/mol. The number of amides is 1. The van der Waals surface area contributed by atoms with Crippen LogP contribution in [0.3, 0.4) is 0 Å². The Morgan fingerprint density at radius 2 is 1.85 bits per heavy atom. The summed E-state index contributed by atoms with van der Waals surface area (Å²) in [5.41, 5.74) is 1.70. The van der Waals surface area contributed by atoms with Crippen molar-refractivity contribution in [1.82, 2.24) is 4.90 Å². The van der Waals surface area contributed by atoms with E-state index < -0.39 is 9.84 Å². The van der Waals surface area contributed by atoms with Crippen molar-refractivity contribution in [1.29, 1.82) is 0 Å². The highest BCUT2D eigenvalue weighted by Crippen LogP contribution is 2.26. The molecule has 0 N–H and O–H groups in total. The lowest BCUT2D eigenvalue weighted by Crippen LogP contribution is -2.40. The van der Waals surface area contributed by atoms with Crippen molar-refractivity contribution in [3.63, 3.8) is 0 Å². The predicted molar refractivity (Wildman–Crippen MR) is 108 cm³/mol. The molecule has 7 heteroatoms. The first-order valence-electron chi connectivity index (χ1n) is 8.91. The Morgan fingerprint density at radius 3 is 2.33 bits per heavy atom. The van der Waals surface area contributed by atoms with E-state index in [1.54, 1.807) is 17.0 Å². The van der Waals surface area contributed by atoms with Crippen LogP contribution < -0.4 is 0 Å². The van der Waals surface area contributed by atoms with E-state index in [0.29, 0.717) is 22.4 Å².